The van der Waals surface area contributed by atoms with Gasteiger partial charge >= 0.3 is 0 Å². The van der Waals surface area contributed by atoms with Crippen molar-refractivity contribution in [1.29, 1.82) is 0 Å². The van der Waals surface area contributed by atoms with Crippen LogP contribution in [-0.4, -0.2) is 29.8 Å². The number of benzene rings is 1. The molecule has 17 heavy (non-hydrogen) atoms. The molecule has 0 aromatic heterocycles. The first-order valence-corrected chi connectivity index (χ1v) is 6.63. The summed E-state index contributed by atoms with van der Waals surface area (Å²) in [4.78, 5) is 14.1. The Kier molecular flexibility index (Phi) is 5.79. The molecule has 2 nitrogen and oxygen atoms in total. The van der Waals surface area contributed by atoms with Crippen molar-refractivity contribution in [3.05, 3.63) is 34.3 Å². The number of hydrogen-bond donors (Lipinski definition) is 0. The molecular formula is C13H17Cl2NO. The molecule has 0 bridgehead atoms. The van der Waals surface area contributed by atoms with Gasteiger partial charge in [-0.3, -0.25) is 4.79 Å². The van der Waals surface area contributed by atoms with Gasteiger partial charge in [0, 0.05) is 29.6 Å². The first-order chi connectivity index (χ1) is 8.11. The summed E-state index contributed by atoms with van der Waals surface area (Å²) in [7, 11) is 0. The van der Waals surface area contributed by atoms with Crippen molar-refractivity contribution in [2.24, 2.45) is 0 Å². The third-order valence-corrected chi connectivity index (χ3v) is 3.21. The quantitative estimate of drug-likeness (QED) is 0.749. The molecule has 94 valence electrons. The van der Waals surface area contributed by atoms with Crippen molar-refractivity contribution in [3.8, 4) is 0 Å². The molecule has 0 heterocycles. The first kappa shape index (κ1) is 14.3. The summed E-state index contributed by atoms with van der Waals surface area (Å²) in [5.41, 5.74) is 1.49. The van der Waals surface area contributed by atoms with Crippen LogP contribution in [0, 0.1) is 6.92 Å². The fraction of sp³-hybridized carbons (Fsp3) is 0.462. The van der Waals surface area contributed by atoms with Gasteiger partial charge in [-0.25, -0.2) is 0 Å². The zero-order chi connectivity index (χ0) is 12.8. The van der Waals surface area contributed by atoms with Crippen LogP contribution in [-0.2, 0) is 0 Å². The molecule has 0 atom stereocenters. The van der Waals surface area contributed by atoms with E-state index in [2.05, 4.69) is 0 Å². The Balaban J connectivity index is 2.96. The lowest BCUT2D eigenvalue weighted by Crippen LogP contribution is -2.33. The molecule has 1 amide bonds. The summed E-state index contributed by atoms with van der Waals surface area (Å²) in [6, 6.07) is 5.40. The predicted molar refractivity (Wildman–Crippen MR) is 73.1 cm³/mol. The van der Waals surface area contributed by atoms with Gasteiger partial charge in [0.05, 0.1) is 0 Å². The molecule has 0 N–H and O–H groups in total. The van der Waals surface area contributed by atoms with Crippen molar-refractivity contribution >= 4 is 29.1 Å². The van der Waals surface area contributed by atoms with Crippen LogP contribution < -0.4 is 0 Å². The minimum absolute atomic E-state index is 0.00694. The van der Waals surface area contributed by atoms with Gasteiger partial charge in [-0.15, -0.1) is 11.6 Å². The van der Waals surface area contributed by atoms with Gasteiger partial charge < -0.3 is 4.90 Å². The highest BCUT2D eigenvalue weighted by Crippen LogP contribution is 2.20. The lowest BCUT2D eigenvalue weighted by molar-refractivity contribution is 0.0765. The van der Waals surface area contributed by atoms with Crippen LogP contribution in [0.5, 0.6) is 0 Å². The summed E-state index contributed by atoms with van der Waals surface area (Å²) in [6.45, 7) is 5.19. The number of carbonyl (C=O) groups excluding carboxylic acids is 1. The molecule has 1 aromatic rings. The Morgan fingerprint density at radius 3 is 2.65 bits per heavy atom. The summed E-state index contributed by atoms with van der Waals surface area (Å²) in [6.07, 6.45) is 0.919. The van der Waals surface area contributed by atoms with Crippen molar-refractivity contribution < 1.29 is 4.79 Å². The molecule has 1 rings (SSSR count). The number of halogens is 2. The monoisotopic (exact) mass is 273 g/mol. The third kappa shape index (κ3) is 3.62. The Hall–Kier alpha value is -0.730. The normalized spacial score (nSPS) is 10.4. The average molecular weight is 274 g/mol. The van der Waals surface area contributed by atoms with E-state index in [0.717, 1.165) is 18.5 Å². The first-order valence-electron chi connectivity index (χ1n) is 5.72. The number of nitrogens with zero attached hydrogens (tertiary/aromatic N) is 1. The maximum Gasteiger partial charge on any atom is 0.254 e. The second-order valence-corrected chi connectivity index (χ2v) is 4.68. The molecule has 0 aliphatic rings. The summed E-state index contributed by atoms with van der Waals surface area (Å²) < 4.78 is 0. The van der Waals surface area contributed by atoms with Crippen LogP contribution in [0.2, 0.25) is 5.02 Å². The smallest absolute Gasteiger partial charge is 0.254 e. The lowest BCUT2D eigenvalue weighted by Gasteiger charge is -2.22. The van der Waals surface area contributed by atoms with E-state index in [4.69, 9.17) is 23.2 Å². The van der Waals surface area contributed by atoms with E-state index >= 15 is 0 Å². The van der Waals surface area contributed by atoms with Gasteiger partial charge in [0.15, 0.2) is 0 Å². The van der Waals surface area contributed by atoms with Crippen LogP contribution in [0.15, 0.2) is 18.2 Å². The molecule has 0 unspecified atom stereocenters. The second kappa shape index (κ2) is 6.87. The number of hydrogen-bond acceptors (Lipinski definition) is 1. The van der Waals surface area contributed by atoms with E-state index in [1.165, 1.54) is 0 Å². The maximum absolute atomic E-state index is 12.3. The fourth-order valence-corrected chi connectivity index (χ4v) is 2.07. The van der Waals surface area contributed by atoms with E-state index in [1.807, 2.05) is 13.8 Å². The summed E-state index contributed by atoms with van der Waals surface area (Å²) in [5.74, 6) is 0.457. The topological polar surface area (TPSA) is 20.3 Å². The standard InChI is InChI=1S/C13H17Cl2NO/c1-3-8-16(9-7-14)13(17)11-5-4-6-12(15)10(11)2/h4-6H,3,7-9H2,1-2H3. The molecule has 4 heteroatoms. The average Bonchev–Trinajstić information content (AvgIpc) is 2.31. The highest BCUT2D eigenvalue weighted by molar-refractivity contribution is 6.31. The van der Waals surface area contributed by atoms with Gasteiger partial charge in [-0.05, 0) is 31.0 Å². The molecule has 0 fully saturated rings. The van der Waals surface area contributed by atoms with E-state index in [1.54, 1.807) is 23.1 Å². The Labute approximate surface area is 113 Å². The van der Waals surface area contributed by atoms with Crippen molar-refractivity contribution in [3.63, 3.8) is 0 Å². The maximum atomic E-state index is 12.3. The highest BCUT2D eigenvalue weighted by Gasteiger charge is 2.17. The molecule has 0 spiro atoms. The minimum Gasteiger partial charge on any atom is -0.337 e. The third-order valence-electron chi connectivity index (χ3n) is 2.63. The molecule has 0 aliphatic heterocycles. The molecule has 0 saturated heterocycles. The van der Waals surface area contributed by atoms with E-state index < -0.39 is 0 Å². The van der Waals surface area contributed by atoms with E-state index in [9.17, 15) is 4.79 Å². The molecule has 0 saturated carbocycles. The highest BCUT2D eigenvalue weighted by atomic mass is 35.5. The van der Waals surface area contributed by atoms with Crippen LogP contribution in [0.1, 0.15) is 29.3 Å². The Morgan fingerprint density at radius 2 is 2.06 bits per heavy atom. The van der Waals surface area contributed by atoms with E-state index in [-0.39, 0.29) is 5.91 Å². The molecule has 1 aromatic carbocycles. The number of carbonyl (C=O) groups is 1. The lowest BCUT2D eigenvalue weighted by atomic mass is 10.1. The largest absolute Gasteiger partial charge is 0.337 e. The Morgan fingerprint density at radius 1 is 1.35 bits per heavy atom. The van der Waals surface area contributed by atoms with Gasteiger partial charge in [-0.2, -0.15) is 0 Å². The van der Waals surface area contributed by atoms with Gasteiger partial charge in [0.2, 0.25) is 0 Å². The summed E-state index contributed by atoms with van der Waals surface area (Å²) >= 11 is 11.7. The Bertz CT molecular complexity index is 387. The van der Waals surface area contributed by atoms with Gasteiger partial charge in [-0.1, -0.05) is 24.6 Å². The fourth-order valence-electron chi connectivity index (χ4n) is 1.70. The molecule has 0 radical (unpaired) electrons. The van der Waals surface area contributed by atoms with E-state index in [0.29, 0.717) is 23.0 Å². The zero-order valence-electron chi connectivity index (χ0n) is 10.2. The molecule has 0 aliphatic carbocycles. The minimum atomic E-state index is 0.00694. The van der Waals surface area contributed by atoms with Crippen LogP contribution >= 0.6 is 23.2 Å². The number of rotatable bonds is 5. The molecular weight excluding hydrogens is 257 g/mol. The SMILES string of the molecule is CCCN(CCCl)C(=O)c1cccc(Cl)c1C. The zero-order valence-corrected chi connectivity index (χ0v) is 11.7. The number of alkyl halides is 1. The van der Waals surface area contributed by atoms with Crippen molar-refractivity contribution in [2.45, 2.75) is 20.3 Å². The van der Waals surface area contributed by atoms with Crippen LogP contribution in [0.4, 0.5) is 0 Å². The van der Waals surface area contributed by atoms with Gasteiger partial charge in [0.1, 0.15) is 0 Å². The summed E-state index contributed by atoms with van der Waals surface area (Å²) in [5, 5.41) is 0.623. The number of amides is 1. The van der Waals surface area contributed by atoms with Crippen LogP contribution in [0.25, 0.3) is 0 Å². The predicted octanol–water partition coefficient (Wildman–Crippen LogP) is 3.74. The van der Waals surface area contributed by atoms with Crippen molar-refractivity contribution in [2.75, 3.05) is 19.0 Å². The van der Waals surface area contributed by atoms with Crippen molar-refractivity contribution in [1.82, 2.24) is 4.90 Å². The second-order valence-electron chi connectivity index (χ2n) is 3.89. The van der Waals surface area contributed by atoms with Crippen LogP contribution in [0.3, 0.4) is 0 Å². The van der Waals surface area contributed by atoms with Gasteiger partial charge in [0.25, 0.3) is 5.91 Å².